The maximum atomic E-state index is 12.0. The number of hydrogen-bond donors (Lipinski definition) is 2. The van der Waals surface area contributed by atoms with Crippen LogP contribution >= 0.6 is 0 Å². The van der Waals surface area contributed by atoms with Gasteiger partial charge in [0, 0.05) is 20.6 Å². The van der Waals surface area contributed by atoms with Gasteiger partial charge in [0.1, 0.15) is 11.6 Å². The first-order chi connectivity index (χ1) is 12.4. The van der Waals surface area contributed by atoms with E-state index in [1.54, 1.807) is 12.1 Å². The van der Waals surface area contributed by atoms with E-state index < -0.39 is 11.8 Å². The van der Waals surface area contributed by atoms with E-state index in [1.807, 2.05) is 51.0 Å². The fourth-order valence-electron chi connectivity index (χ4n) is 2.31. The second kappa shape index (κ2) is 8.84. The molecule has 0 aliphatic heterocycles. The number of amides is 2. The third-order valence-electron chi connectivity index (χ3n) is 3.66. The normalized spacial score (nSPS) is 10.2. The molecular weight excluding hydrogens is 332 g/mol. The molecule has 0 aliphatic carbocycles. The summed E-state index contributed by atoms with van der Waals surface area (Å²) in [7, 11) is 3.74. The summed E-state index contributed by atoms with van der Waals surface area (Å²) in [6, 6.07) is 9.10. The van der Waals surface area contributed by atoms with Gasteiger partial charge in [-0.2, -0.15) is 0 Å². The monoisotopic (exact) mass is 356 g/mol. The molecule has 2 N–H and O–H groups in total. The van der Waals surface area contributed by atoms with Gasteiger partial charge < -0.3 is 20.3 Å². The standard InChI is InChI=1S/C19H24N4O3/c1-5-26-16-8-6-14(10-13(16)2)11-21-18(24)19(25)22-15-7-9-17(20-12-15)23(3)4/h6-10,12H,5,11H2,1-4H3,(H,21,24)(H,22,25). The van der Waals surface area contributed by atoms with E-state index >= 15 is 0 Å². The summed E-state index contributed by atoms with van der Waals surface area (Å²) in [4.78, 5) is 30.0. The molecular formula is C19H24N4O3. The number of aryl methyl sites for hydroxylation is 1. The van der Waals surface area contributed by atoms with Gasteiger partial charge in [-0.3, -0.25) is 9.59 Å². The Morgan fingerprint density at radius 3 is 2.50 bits per heavy atom. The molecule has 0 aliphatic rings. The molecule has 0 fully saturated rings. The first-order valence-corrected chi connectivity index (χ1v) is 8.35. The summed E-state index contributed by atoms with van der Waals surface area (Å²) in [5.74, 6) is 0.146. The van der Waals surface area contributed by atoms with Crippen molar-refractivity contribution in [1.82, 2.24) is 10.3 Å². The van der Waals surface area contributed by atoms with Gasteiger partial charge >= 0.3 is 11.8 Å². The van der Waals surface area contributed by atoms with Crippen LogP contribution in [0.3, 0.4) is 0 Å². The molecule has 7 heteroatoms. The Hall–Kier alpha value is -3.09. The molecule has 2 rings (SSSR count). The molecule has 1 aromatic carbocycles. The molecule has 7 nitrogen and oxygen atoms in total. The highest BCUT2D eigenvalue weighted by atomic mass is 16.5. The molecule has 2 amide bonds. The first-order valence-electron chi connectivity index (χ1n) is 8.35. The number of aromatic nitrogens is 1. The van der Waals surface area contributed by atoms with E-state index in [0.29, 0.717) is 12.3 Å². The summed E-state index contributed by atoms with van der Waals surface area (Å²) in [6.07, 6.45) is 1.51. The van der Waals surface area contributed by atoms with Crippen molar-refractivity contribution in [1.29, 1.82) is 0 Å². The molecule has 0 bridgehead atoms. The van der Waals surface area contributed by atoms with Crippen LogP contribution in [0.5, 0.6) is 5.75 Å². The van der Waals surface area contributed by atoms with E-state index in [4.69, 9.17) is 4.74 Å². The zero-order chi connectivity index (χ0) is 19.1. The number of carbonyl (C=O) groups is 2. The minimum atomic E-state index is -0.730. The van der Waals surface area contributed by atoms with Crippen molar-refractivity contribution >= 4 is 23.3 Å². The predicted molar refractivity (Wildman–Crippen MR) is 101 cm³/mol. The second-order valence-corrected chi connectivity index (χ2v) is 5.97. The highest BCUT2D eigenvalue weighted by Crippen LogP contribution is 2.19. The Morgan fingerprint density at radius 2 is 1.92 bits per heavy atom. The minimum Gasteiger partial charge on any atom is -0.494 e. The number of rotatable bonds is 6. The molecule has 26 heavy (non-hydrogen) atoms. The molecule has 1 heterocycles. The van der Waals surface area contributed by atoms with Crippen molar-refractivity contribution in [2.24, 2.45) is 0 Å². The summed E-state index contributed by atoms with van der Waals surface area (Å²) >= 11 is 0. The molecule has 2 aromatic rings. The maximum Gasteiger partial charge on any atom is 0.313 e. The van der Waals surface area contributed by atoms with Gasteiger partial charge in [-0.15, -0.1) is 0 Å². The number of nitrogens with zero attached hydrogens (tertiary/aromatic N) is 2. The Kier molecular flexibility index (Phi) is 6.54. The number of anilines is 2. The fraction of sp³-hybridized carbons (Fsp3) is 0.316. The zero-order valence-corrected chi connectivity index (χ0v) is 15.5. The van der Waals surface area contributed by atoms with Crippen LogP contribution in [-0.4, -0.2) is 37.5 Å². The van der Waals surface area contributed by atoms with Crippen LogP contribution in [0.15, 0.2) is 36.5 Å². The molecule has 0 saturated carbocycles. The molecule has 0 spiro atoms. The van der Waals surface area contributed by atoms with Crippen LogP contribution < -0.4 is 20.3 Å². The third-order valence-corrected chi connectivity index (χ3v) is 3.66. The Bertz CT molecular complexity index is 773. The van der Waals surface area contributed by atoms with Crippen molar-refractivity contribution < 1.29 is 14.3 Å². The molecule has 0 radical (unpaired) electrons. The third kappa shape index (κ3) is 5.20. The molecule has 0 saturated heterocycles. The minimum absolute atomic E-state index is 0.261. The molecule has 138 valence electrons. The summed E-state index contributed by atoms with van der Waals surface area (Å²) in [5, 5.41) is 5.14. The average Bonchev–Trinajstić information content (AvgIpc) is 2.62. The Morgan fingerprint density at radius 1 is 1.15 bits per heavy atom. The number of benzene rings is 1. The van der Waals surface area contributed by atoms with E-state index in [9.17, 15) is 9.59 Å². The van der Waals surface area contributed by atoms with Gasteiger partial charge in [-0.25, -0.2) is 4.98 Å². The number of hydrogen-bond acceptors (Lipinski definition) is 5. The van der Waals surface area contributed by atoms with Crippen molar-refractivity contribution in [2.45, 2.75) is 20.4 Å². The van der Waals surface area contributed by atoms with Gasteiger partial charge in [0.2, 0.25) is 0 Å². The van der Waals surface area contributed by atoms with E-state index in [2.05, 4.69) is 15.6 Å². The lowest BCUT2D eigenvalue weighted by Crippen LogP contribution is -2.35. The van der Waals surface area contributed by atoms with Gasteiger partial charge in [0.25, 0.3) is 0 Å². The quantitative estimate of drug-likeness (QED) is 0.775. The van der Waals surface area contributed by atoms with Crippen LogP contribution in [0.4, 0.5) is 11.5 Å². The van der Waals surface area contributed by atoms with Crippen molar-refractivity contribution in [2.75, 3.05) is 30.9 Å². The highest BCUT2D eigenvalue weighted by molar-refractivity contribution is 6.39. The van der Waals surface area contributed by atoms with Gasteiger partial charge in [-0.1, -0.05) is 12.1 Å². The number of nitrogens with one attached hydrogen (secondary N) is 2. The van der Waals surface area contributed by atoms with Crippen LogP contribution in [0.1, 0.15) is 18.1 Å². The van der Waals surface area contributed by atoms with Crippen molar-refractivity contribution in [3.8, 4) is 5.75 Å². The smallest absolute Gasteiger partial charge is 0.313 e. The van der Waals surface area contributed by atoms with Gasteiger partial charge in [0.05, 0.1) is 18.5 Å². The second-order valence-electron chi connectivity index (χ2n) is 5.97. The Labute approximate surface area is 153 Å². The lowest BCUT2D eigenvalue weighted by Gasteiger charge is -2.12. The summed E-state index contributed by atoms with van der Waals surface area (Å²) in [5.41, 5.74) is 2.34. The first kappa shape index (κ1) is 19.2. The van der Waals surface area contributed by atoms with E-state index in [0.717, 1.165) is 22.7 Å². The highest BCUT2D eigenvalue weighted by Gasteiger charge is 2.14. The summed E-state index contributed by atoms with van der Waals surface area (Å²) in [6.45, 7) is 4.72. The fourth-order valence-corrected chi connectivity index (χ4v) is 2.31. The molecule has 0 unspecified atom stereocenters. The largest absolute Gasteiger partial charge is 0.494 e. The predicted octanol–water partition coefficient (Wildman–Crippen LogP) is 2.11. The van der Waals surface area contributed by atoms with Crippen LogP contribution in [0.25, 0.3) is 0 Å². The summed E-state index contributed by atoms with van der Waals surface area (Å²) < 4.78 is 5.48. The zero-order valence-electron chi connectivity index (χ0n) is 15.5. The lowest BCUT2D eigenvalue weighted by atomic mass is 10.1. The van der Waals surface area contributed by atoms with E-state index in [1.165, 1.54) is 6.20 Å². The Balaban J connectivity index is 1.89. The van der Waals surface area contributed by atoms with Gasteiger partial charge in [-0.05, 0) is 43.2 Å². The van der Waals surface area contributed by atoms with Crippen LogP contribution in [0, 0.1) is 6.92 Å². The number of pyridine rings is 1. The van der Waals surface area contributed by atoms with Gasteiger partial charge in [0.15, 0.2) is 0 Å². The lowest BCUT2D eigenvalue weighted by molar-refractivity contribution is -0.136. The average molecular weight is 356 g/mol. The van der Waals surface area contributed by atoms with Crippen LogP contribution in [0.2, 0.25) is 0 Å². The van der Waals surface area contributed by atoms with E-state index in [-0.39, 0.29) is 6.54 Å². The number of ether oxygens (including phenoxy) is 1. The van der Waals surface area contributed by atoms with Crippen molar-refractivity contribution in [3.05, 3.63) is 47.7 Å². The maximum absolute atomic E-state index is 12.0. The SMILES string of the molecule is CCOc1ccc(CNC(=O)C(=O)Nc2ccc(N(C)C)nc2)cc1C. The topological polar surface area (TPSA) is 83.6 Å². The molecule has 1 aromatic heterocycles. The van der Waals surface area contributed by atoms with Crippen molar-refractivity contribution in [3.63, 3.8) is 0 Å². The number of carbonyl (C=O) groups excluding carboxylic acids is 2. The molecule has 0 atom stereocenters. The van der Waals surface area contributed by atoms with Crippen LogP contribution in [-0.2, 0) is 16.1 Å².